The summed E-state index contributed by atoms with van der Waals surface area (Å²) >= 11 is 0. The third kappa shape index (κ3) is 3.52. The second-order valence-electron chi connectivity index (χ2n) is 5.84. The first-order valence-electron chi connectivity index (χ1n) is 7.73. The molecule has 1 fully saturated rings. The van der Waals surface area contributed by atoms with Gasteiger partial charge in [0, 0.05) is 23.4 Å². The van der Waals surface area contributed by atoms with E-state index in [2.05, 4.69) is 22.2 Å². The van der Waals surface area contributed by atoms with Crippen molar-refractivity contribution in [3.63, 3.8) is 0 Å². The Morgan fingerprint density at radius 1 is 1.14 bits per heavy atom. The highest BCUT2D eigenvalue weighted by Crippen LogP contribution is 2.17. The summed E-state index contributed by atoms with van der Waals surface area (Å²) in [6.07, 6.45) is 3.82. The third-order valence-electron chi connectivity index (χ3n) is 4.16. The van der Waals surface area contributed by atoms with Crippen LogP contribution in [0.3, 0.4) is 0 Å². The number of nitrogens with one attached hydrogen (secondary N) is 1. The van der Waals surface area contributed by atoms with Gasteiger partial charge >= 0.3 is 0 Å². The zero-order valence-corrected chi connectivity index (χ0v) is 12.8. The summed E-state index contributed by atoms with van der Waals surface area (Å²) in [7, 11) is 2.12. The molecule has 1 aromatic carbocycles. The summed E-state index contributed by atoms with van der Waals surface area (Å²) in [6, 6.07) is 13.8. The molecule has 0 spiro atoms. The van der Waals surface area contributed by atoms with Crippen molar-refractivity contribution in [2.75, 3.05) is 20.1 Å². The number of nitrogens with zero attached hydrogens (tertiary/aromatic N) is 2. The highest BCUT2D eigenvalue weighted by molar-refractivity contribution is 5.94. The fourth-order valence-electron chi connectivity index (χ4n) is 2.75. The van der Waals surface area contributed by atoms with Crippen molar-refractivity contribution in [3.8, 4) is 11.3 Å². The summed E-state index contributed by atoms with van der Waals surface area (Å²) in [4.78, 5) is 18.9. The van der Waals surface area contributed by atoms with Crippen LogP contribution >= 0.6 is 0 Å². The van der Waals surface area contributed by atoms with Gasteiger partial charge in [-0.1, -0.05) is 18.2 Å². The lowest BCUT2D eigenvalue weighted by Crippen LogP contribution is -2.43. The Morgan fingerprint density at radius 2 is 1.86 bits per heavy atom. The zero-order valence-electron chi connectivity index (χ0n) is 12.8. The molecule has 1 aromatic heterocycles. The minimum absolute atomic E-state index is 0.0159. The van der Waals surface area contributed by atoms with E-state index in [4.69, 9.17) is 0 Å². The molecule has 1 aliphatic rings. The summed E-state index contributed by atoms with van der Waals surface area (Å²) in [5, 5.41) is 3.13. The summed E-state index contributed by atoms with van der Waals surface area (Å²) < 4.78 is 0. The monoisotopic (exact) mass is 295 g/mol. The van der Waals surface area contributed by atoms with Gasteiger partial charge in [-0.25, -0.2) is 0 Å². The van der Waals surface area contributed by atoms with Crippen molar-refractivity contribution in [1.82, 2.24) is 15.2 Å². The molecule has 4 heteroatoms. The van der Waals surface area contributed by atoms with E-state index in [1.54, 1.807) is 6.20 Å². The van der Waals surface area contributed by atoms with E-state index >= 15 is 0 Å². The number of likely N-dealkylation sites (tertiary alicyclic amines) is 1. The average molecular weight is 295 g/mol. The standard InChI is InChI=1S/C18H21N3O/c1-21-12-9-16(10-13-21)20-18(22)15-7-5-14(6-8-15)17-4-2-3-11-19-17/h2-8,11,16H,9-10,12-13H2,1H3,(H,20,22). The van der Waals surface area contributed by atoms with E-state index in [1.165, 1.54) is 0 Å². The molecule has 1 amide bonds. The van der Waals surface area contributed by atoms with Crippen LogP contribution < -0.4 is 5.32 Å². The van der Waals surface area contributed by atoms with Crippen LogP contribution in [0.2, 0.25) is 0 Å². The minimum Gasteiger partial charge on any atom is -0.349 e. The van der Waals surface area contributed by atoms with Gasteiger partial charge in [0.05, 0.1) is 5.69 Å². The van der Waals surface area contributed by atoms with E-state index in [-0.39, 0.29) is 5.91 Å². The van der Waals surface area contributed by atoms with E-state index in [1.807, 2.05) is 42.5 Å². The summed E-state index contributed by atoms with van der Waals surface area (Å²) in [6.45, 7) is 2.09. The molecule has 3 rings (SSSR count). The first-order valence-corrected chi connectivity index (χ1v) is 7.73. The first kappa shape index (κ1) is 14.7. The van der Waals surface area contributed by atoms with Crippen LogP contribution in [-0.4, -0.2) is 42.0 Å². The van der Waals surface area contributed by atoms with Gasteiger partial charge in [-0.3, -0.25) is 9.78 Å². The maximum absolute atomic E-state index is 12.3. The van der Waals surface area contributed by atoms with Crippen molar-refractivity contribution in [1.29, 1.82) is 0 Å². The Labute approximate surface area is 131 Å². The van der Waals surface area contributed by atoms with Gasteiger partial charge < -0.3 is 10.2 Å². The maximum atomic E-state index is 12.3. The van der Waals surface area contributed by atoms with Gasteiger partial charge in [-0.15, -0.1) is 0 Å². The Balaban J connectivity index is 1.64. The van der Waals surface area contributed by atoms with Gasteiger partial charge in [-0.05, 0) is 57.2 Å². The van der Waals surface area contributed by atoms with Crippen LogP contribution in [0.1, 0.15) is 23.2 Å². The number of pyridine rings is 1. The lowest BCUT2D eigenvalue weighted by atomic mass is 10.0. The second kappa shape index (κ2) is 6.71. The average Bonchev–Trinajstić information content (AvgIpc) is 2.58. The van der Waals surface area contributed by atoms with Crippen LogP contribution in [0.15, 0.2) is 48.7 Å². The van der Waals surface area contributed by atoms with Crippen molar-refractivity contribution in [2.45, 2.75) is 18.9 Å². The van der Waals surface area contributed by atoms with Crippen molar-refractivity contribution < 1.29 is 4.79 Å². The molecule has 0 unspecified atom stereocenters. The lowest BCUT2D eigenvalue weighted by molar-refractivity contribution is 0.0917. The second-order valence-corrected chi connectivity index (χ2v) is 5.84. The predicted octanol–water partition coefficient (Wildman–Crippen LogP) is 2.57. The fourth-order valence-corrected chi connectivity index (χ4v) is 2.75. The number of amides is 1. The molecule has 22 heavy (non-hydrogen) atoms. The molecule has 0 saturated carbocycles. The summed E-state index contributed by atoms with van der Waals surface area (Å²) in [5.74, 6) is 0.0159. The Hall–Kier alpha value is -2.20. The number of aromatic nitrogens is 1. The number of carbonyl (C=O) groups is 1. The quantitative estimate of drug-likeness (QED) is 0.946. The molecule has 1 N–H and O–H groups in total. The number of benzene rings is 1. The van der Waals surface area contributed by atoms with E-state index in [0.717, 1.165) is 37.2 Å². The molecule has 2 aromatic rings. The molecule has 4 nitrogen and oxygen atoms in total. The first-order chi connectivity index (χ1) is 10.7. The largest absolute Gasteiger partial charge is 0.349 e. The van der Waals surface area contributed by atoms with Crippen molar-refractivity contribution in [3.05, 3.63) is 54.2 Å². The lowest BCUT2D eigenvalue weighted by Gasteiger charge is -2.29. The number of rotatable bonds is 3. The van der Waals surface area contributed by atoms with E-state index in [0.29, 0.717) is 11.6 Å². The van der Waals surface area contributed by atoms with Crippen LogP contribution in [0, 0.1) is 0 Å². The van der Waals surface area contributed by atoms with Crippen LogP contribution in [0.5, 0.6) is 0 Å². The van der Waals surface area contributed by atoms with Gasteiger partial charge in [0.25, 0.3) is 5.91 Å². The number of hydrogen-bond acceptors (Lipinski definition) is 3. The van der Waals surface area contributed by atoms with Gasteiger partial charge in [-0.2, -0.15) is 0 Å². The van der Waals surface area contributed by atoms with Gasteiger partial charge in [0.15, 0.2) is 0 Å². The molecular weight excluding hydrogens is 274 g/mol. The number of carbonyl (C=O) groups excluding carboxylic acids is 1. The fraction of sp³-hybridized carbons (Fsp3) is 0.333. The molecule has 1 saturated heterocycles. The summed E-state index contributed by atoms with van der Waals surface area (Å²) in [5.41, 5.74) is 2.65. The van der Waals surface area contributed by atoms with Crippen LogP contribution in [-0.2, 0) is 0 Å². The predicted molar refractivity (Wildman–Crippen MR) is 87.7 cm³/mol. The number of hydrogen-bond donors (Lipinski definition) is 1. The molecule has 2 heterocycles. The van der Waals surface area contributed by atoms with E-state index < -0.39 is 0 Å². The molecular formula is C18H21N3O. The highest BCUT2D eigenvalue weighted by Gasteiger charge is 2.18. The Morgan fingerprint density at radius 3 is 2.50 bits per heavy atom. The molecule has 114 valence electrons. The van der Waals surface area contributed by atoms with Crippen LogP contribution in [0.4, 0.5) is 0 Å². The molecule has 0 aliphatic carbocycles. The molecule has 0 atom stereocenters. The topological polar surface area (TPSA) is 45.2 Å². The Kier molecular flexibility index (Phi) is 4.49. The molecule has 0 bridgehead atoms. The zero-order chi connectivity index (χ0) is 15.4. The van der Waals surface area contributed by atoms with E-state index in [9.17, 15) is 4.79 Å². The smallest absolute Gasteiger partial charge is 0.251 e. The van der Waals surface area contributed by atoms with Gasteiger partial charge in [0.2, 0.25) is 0 Å². The SMILES string of the molecule is CN1CCC(NC(=O)c2ccc(-c3ccccn3)cc2)CC1. The third-order valence-corrected chi connectivity index (χ3v) is 4.16. The minimum atomic E-state index is 0.0159. The molecule has 0 radical (unpaired) electrons. The normalized spacial score (nSPS) is 16.4. The number of piperidine rings is 1. The van der Waals surface area contributed by atoms with Gasteiger partial charge in [0.1, 0.15) is 0 Å². The maximum Gasteiger partial charge on any atom is 0.251 e. The Bertz CT molecular complexity index is 617. The van der Waals surface area contributed by atoms with Crippen molar-refractivity contribution in [2.24, 2.45) is 0 Å². The van der Waals surface area contributed by atoms with Crippen molar-refractivity contribution >= 4 is 5.91 Å². The van der Waals surface area contributed by atoms with Crippen LogP contribution in [0.25, 0.3) is 11.3 Å². The highest BCUT2D eigenvalue weighted by atomic mass is 16.1. The molecule has 1 aliphatic heterocycles.